The predicted molar refractivity (Wildman–Crippen MR) is 127 cm³/mol. The van der Waals surface area contributed by atoms with Crippen LogP contribution in [0, 0.1) is 0 Å². The van der Waals surface area contributed by atoms with Crippen LogP contribution in [0.1, 0.15) is 36.2 Å². The van der Waals surface area contributed by atoms with Gasteiger partial charge in [0.05, 0.1) is 0 Å². The average molecular weight is 516 g/mol. The van der Waals surface area contributed by atoms with Crippen LogP contribution in [0.4, 0.5) is 18.9 Å². The summed E-state index contributed by atoms with van der Waals surface area (Å²) in [5.74, 6) is -0.373. The number of ether oxygens (including phenoxy) is 1. The van der Waals surface area contributed by atoms with Crippen molar-refractivity contribution in [3.8, 4) is 5.75 Å². The molecule has 1 heterocycles. The summed E-state index contributed by atoms with van der Waals surface area (Å²) >= 11 is 7.69. The first kappa shape index (κ1) is 26.0. The largest absolute Gasteiger partial charge is 0.573 e. The number of hydrogen-bond donors (Lipinski definition) is 2. The highest BCUT2D eigenvalue weighted by molar-refractivity contribution is 7.99. The smallest absolute Gasteiger partial charge is 0.406 e. The Labute approximate surface area is 205 Å². The zero-order chi connectivity index (χ0) is 24.9. The maximum absolute atomic E-state index is 12.9. The predicted octanol–water partition coefficient (Wildman–Crippen LogP) is 5.00. The molecule has 2 aromatic rings. The molecule has 3 rings (SSSR count). The summed E-state index contributed by atoms with van der Waals surface area (Å²) in [4.78, 5) is 27.0. The molecule has 0 saturated carbocycles. The van der Waals surface area contributed by atoms with Crippen LogP contribution in [0.25, 0.3) is 0 Å². The molecule has 1 unspecified atom stereocenters. The van der Waals surface area contributed by atoms with Gasteiger partial charge in [0.1, 0.15) is 5.75 Å². The summed E-state index contributed by atoms with van der Waals surface area (Å²) < 4.78 is 42.9. The highest BCUT2D eigenvalue weighted by Crippen LogP contribution is 2.31. The summed E-state index contributed by atoms with van der Waals surface area (Å²) in [6.07, 6.45) is -4.26. The Hall–Kier alpha value is -2.59. The third kappa shape index (κ3) is 7.46. The Balaban J connectivity index is 1.82. The molecule has 1 saturated heterocycles. The van der Waals surface area contributed by atoms with Gasteiger partial charge in [0.25, 0.3) is 5.91 Å². The topological polar surface area (TPSA) is 70.7 Å². The standard InChI is InChI=1S/C23H25ClF3N3O3S/c1-3-34-21-5-4-17(24)8-16(21)12-28-22(32)15-9-19(11-20(10-15)33-23(25,26)27)30-7-6-18(13-30)29-14(2)31/h4-5,8-11,18H,3,6-7,12-13H2,1-2H3,(H,28,32)(H,29,31). The average Bonchev–Trinajstić information content (AvgIpc) is 3.20. The van der Waals surface area contributed by atoms with Gasteiger partial charge < -0.3 is 20.3 Å². The van der Waals surface area contributed by atoms with Gasteiger partial charge in [-0.2, -0.15) is 0 Å². The Kier molecular flexibility index (Phi) is 8.59. The molecule has 2 amide bonds. The molecule has 0 radical (unpaired) electrons. The summed E-state index contributed by atoms with van der Waals surface area (Å²) in [5, 5.41) is 6.09. The normalized spacial score (nSPS) is 15.8. The second kappa shape index (κ2) is 11.2. The second-order valence-corrected chi connectivity index (χ2v) is 9.51. The van der Waals surface area contributed by atoms with E-state index in [1.165, 1.54) is 19.1 Å². The number of rotatable bonds is 8. The van der Waals surface area contributed by atoms with Crippen molar-refractivity contribution in [2.75, 3.05) is 23.7 Å². The summed E-state index contributed by atoms with van der Waals surface area (Å²) in [6, 6.07) is 9.08. The number of benzene rings is 2. The van der Waals surface area contributed by atoms with E-state index in [2.05, 4.69) is 15.4 Å². The molecule has 0 spiro atoms. The molecule has 0 bridgehead atoms. The molecule has 6 nitrogen and oxygen atoms in total. The van der Waals surface area contributed by atoms with E-state index in [0.29, 0.717) is 30.2 Å². The highest BCUT2D eigenvalue weighted by Gasteiger charge is 2.32. The molecule has 1 atom stereocenters. The van der Waals surface area contributed by atoms with Gasteiger partial charge in [-0.1, -0.05) is 18.5 Å². The van der Waals surface area contributed by atoms with Crippen molar-refractivity contribution in [1.82, 2.24) is 10.6 Å². The number of carbonyl (C=O) groups is 2. The van der Waals surface area contributed by atoms with Gasteiger partial charge in [-0.3, -0.25) is 9.59 Å². The van der Waals surface area contributed by atoms with E-state index in [4.69, 9.17) is 11.6 Å². The van der Waals surface area contributed by atoms with Crippen LogP contribution in [0.3, 0.4) is 0 Å². The van der Waals surface area contributed by atoms with Gasteiger partial charge in [-0.15, -0.1) is 24.9 Å². The molecule has 2 N–H and O–H groups in total. The Morgan fingerprint density at radius 1 is 1.24 bits per heavy atom. The van der Waals surface area contributed by atoms with Crippen molar-refractivity contribution in [3.63, 3.8) is 0 Å². The summed E-state index contributed by atoms with van der Waals surface area (Å²) in [5.41, 5.74) is 1.25. The van der Waals surface area contributed by atoms with Crippen LogP contribution >= 0.6 is 23.4 Å². The molecule has 0 aromatic heterocycles. The number of nitrogens with one attached hydrogen (secondary N) is 2. The van der Waals surface area contributed by atoms with Crippen molar-refractivity contribution in [3.05, 3.63) is 52.5 Å². The fourth-order valence-electron chi connectivity index (χ4n) is 3.75. The fourth-order valence-corrected chi connectivity index (χ4v) is 4.74. The first-order chi connectivity index (χ1) is 16.0. The van der Waals surface area contributed by atoms with Crippen LogP contribution in [0.15, 0.2) is 41.3 Å². The van der Waals surface area contributed by atoms with Crippen molar-refractivity contribution in [2.24, 2.45) is 0 Å². The van der Waals surface area contributed by atoms with Gasteiger partial charge in [-0.25, -0.2) is 0 Å². The number of alkyl halides is 3. The molecule has 1 aliphatic rings. The maximum Gasteiger partial charge on any atom is 0.573 e. The zero-order valence-electron chi connectivity index (χ0n) is 18.7. The molecule has 1 fully saturated rings. The SMILES string of the molecule is CCSc1ccc(Cl)cc1CNC(=O)c1cc(OC(F)(F)F)cc(N2CCC(NC(C)=O)C2)c1. The van der Waals surface area contributed by atoms with Gasteiger partial charge >= 0.3 is 6.36 Å². The van der Waals surface area contributed by atoms with Crippen LogP contribution in [0.2, 0.25) is 5.02 Å². The lowest BCUT2D eigenvalue weighted by molar-refractivity contribution is -0.274. The highest BCUT2D eigenvalue weighted by atomic mass is 35.5. The number of amides is 2. The van der Waals surface area contributed by atoms with Crippen molar-refractivity contribution >= 4 is 40.9 Å². The number of nitrogens with zero attached hydrogens (tertiary/aromatic N) is 1. The first-order valence-electron chi connectivity index (χ1n) is 10.7. The Morgan fingerprint density at radius 2 is 2.00 bits per heavy atom. The van der Waals surface area contributed by atoms with Gasteiger partial charge in [0.2, 0.25) is 5.91 Å². The van der Waals surface area contributed by atoms with Gasteiger partial charge in [-0.05, 0) is 48.1 Å². The lowest BCUT2D eigenvalue weighted by atomic mass is 10.1. The number of halogens is 4. The van der Waals surface area contributed by atoms with E-state index in [0.717, 1.165) is 22.3 Å². The molecule has 184 valence electrons. The first-order valence-corrected chi connectivity index (χ1v) is 12.0. The zero-order valence-corrected chi connectivity index (χ0v) is 20.2. The Bertz CT molecular complexity index is 1050. The quantitative estimate of drug-likeness (QED) is 0.484. The number of anilines is 1. The minimum atomic E-state index is -4.90. The summed E-state index contributed by atoms with van der Waals surface area (Å²) in [6.45, 7) is 4.50. The van der Waals surface area contributed by atoms with E-state index < -0.39 is 18.0 Å². The van der Waals surface area contributed by atoms with E-state index in [9.17, 15) is 22.8 Å². The van der Waals surface area contributed by atoms with Crippen molar-refractivity contribution in [1.29, 1.82) is 0 Å². The summed E-state index contributed by atoms with van der Waals surface area (Å²) in [7, 11) is 0. The van der Waals surface area contributed by atoms with E-state index >= 15 is 0 Å². The monoisotopic (exact) mass is 515 g/mol. The van der Waals surface area contributed by atoms with E-state index in [1.807, 2.05) is 17.9 Å². The minimum absolute atomic E-state index is 0.0337. The fraction of sp³-hybridized carbons (Fsp3) is 0.391. The molecule has 0 aliphatic carbocycles. The number of hydrogen-bond acceptors (Lipinski definition) is 5. The van der Waals surface area contributed by atoms with Crippen LogP contribution in [-0.2, 0) is 11.3 Å². The van der Waals surface area contributed by atoms with Gasteiger partial charge in [0, 0.05) is 59.8 Å². The lowest BCUT2D eigenvalue weighted by Crippen LogP contribution is -2.35. The van der Waals surface area contributed by atoms with Crippen LogP contribution in [0.5, 0.6) is 5.75 Å². The molecule has 34 heavy (non-hydrogen) atoms. The third-order valence-electron chi connectivity index (χ3n) is 5.11. The van der Waals surface area contributed by atoms with E-state index in [-0.39, 0.29) is 24.1 Å². The third-order valence-corrected chi connectivity index (χ3v) is 6.34. The molecular formula is C23H25ClF3N3O3S. The van der Waals surface area contributed by atoms with E-state index in [1.54, 1.807) is 23.9 Å². The Morgan fingerprint density at radius 3 is 2.68 bits per heavy atom. The van der Waals surface area contributed by atoms with Crippen molar-refractivity contribution < 1.29 is 27.5 Å². The molecule has 1 aliphatic heterocycles. The lowest BCUT2D eigenvalue weighted by Gasteiger charge is -2.21. The van der Waals surface area contributed by atoms with Crippen LogP contribution in [-0.4, -0.2) is 43.1 Å². The number of carbonyl (C=O) groups excluding carboxylic acids is 2. The van der Waals surface area contributed by atoms with Crippen molar-refractivity contribution in [2.45, 2.75) is 44.1 Å². The maximum atomic E-state index is 12.9. The number of thioether (sulfide) groups is 1. The van der Waals surface area contributed by atoms with Crippen LogP contribution < -0.4 is 20.3 Å². The molecule has 11 heteroatoms. The minimum Gasteiger partial charge on any atom is -0.406 e. The molecule has 2 aromatic carbocycles. The molecular weight excluding hydrogens is 491 g/mol. The van der Waals surface area contributed by atoms with Gasteiger partial charge in [0.15, 0.2) is 0 Å². The second-order valence-electron chi connectivity index (χ2n) is 7.76.